The molecule has 1 unspecified atom stereocenters. The number of ether oxygens (including phenoxy) is 1. The summed E-state index contributed by atoms with van der Waals surface area (Å²) in [6.07, 6.45) is 2.08. The van der Waals surface area contributed by atoms with Gasteiger partial charge in [0.1, 0.15) is 11.5 Å². The average Bonchev–Trinajstić information content (AvgIpc) is 2.67. The van der Waals surface area contributed by atoms with Crippen molar-refractivity contribution in [3.63, 3.8) is 0 Å². The standard InChI is InChI=1S/C17H19FN6O3/c1-27-14-5-4-13-15(21-14)11(12(18)10-20-13)6-8-17(22-23-19)7-2-3-9-24(17)16(25)26/h4-5,10H,2-3,6-9H2,1H3,(H,25,26). The second kappa shape index (κ2) is 7.63. The maximum absolute atomic E-state index is 14.5. The zero-order valence-electron chi connectivity index (χ0n) is 14.8. The van der Waals surface area contributed by atoms with E-state index in [0.29, 0.717) is 35.3 Å². The fourth-order valence-corrected chi connectivity index (χ4v) is 3.55. The zero-order chi connectivity index (χ0) is 19.4. The van der Waals surface area contributed by atoms with E-state index in [1.54, 1.807) is 12.1 Å². The van der Waals surface area contributed by atoms with E-state index in [9.17, 15) is 14.3 Å². The van der Waals surface area contributed by atoms with Gasteiger partial charge in [0.2, 0.25) is 5.88 Å². The van der Waals surface area contributed by atoms with Gasteiger partial charge in [0, 0.05) is 23.1 Å². The molecule has 27 heavy (non-hydrogen) atoms. The number of hydrogen-bond donors (Lipinski definition) is 1. The van der Waals surface area contributed by atoms with Gasteiger partial charge in [0.25, 0.3) is 0 Å². The topological polar surface area (TPSA) is 124 Å². The number of aromatic nitrogens is 2. The lowest BCUT2D eigenvalue weighted by Crippen LogP contribution is -2.53. The van der Waals surface area contributed by atoms with Gasteiger partial charge >= 0.3 is 6.09 Å². The third-order valence-corrected chi connectivity index (χ3v) is 4.90. The zero-order valence-corrected chi connectivity index (χ0v) is 14.8. The van der Waals surface area contributed by atoms with E-state index in [-0.39, 0.29) is 19.4 Å². The van der Waals surface area contributed by atoms with Crippen molar-refractivity contribution in [3.8, 4) is 5.88 Å². The lowest BCUT2D eigenvalue weighted by Gasteiger charge is -2.42. The Morgan fingerprint density at radius 3 is 3.04 bits per heavy atom. The van der Waals surface area contributed by atoms with Crippen molar-refractivity contribution in [2.45, 2.75) is 37.8 Å². The number of methoxy groups -OCH3 is 1. The van der Waals surface area contributed by atoms with Crippen LogP contribution in [0.2, 0.25) is 0 Å². The Bertz CT molecular complexity index is 917. The molecule has 1 atom stereocenters. The SMILES string of the molecule is COc1ccc2ncc(F)c(CCC3(N=[N+]=[N-])CCCCN3C(=O)O)c2n1. The quantitative estimate of drug-likeness (QED) is 0.483. The van der Waals surface area contributed by atoms with Crippen molar-refractivity contribution >= 4 is 17.1 Å². The second-order valence-electron chi connectivity index (χ2n) is 6.37. The van der Waals surface area contributed by atoms with E-state index in [1.807, 2.05) is 0 Å². The normalized spacial score (nSPS) is 19.6. The van der Waals surface area contributed by atoms with Crippen LogP contribution in [-0.2, 0) is 6.42 Å². The molecule has 0 bridgehead atoms. The fourth-order valence-electron chi connectivity index (χ4n) is 3.55. The van der Waals surface area contributed by atoms with Crippen LogP contribution in [0.4, 0.5) is 9.18 Å². The Balaban J connectivity index is 1.99. The highest BCUT2D eigenvalue weighted by molar-refractivity contribution is 5.78. The minimum atomic E-state index is -1.24. The first-order chi connectivity index (χ1) is 13.0. The van der Waals surface area contributed by atoms with Crippen LogP contribution in [0, 0.1) is 5.82 Å². The molecule has 2 aromatic rings. The van der Waals surface area contributed by atoms with Gasteiger partial charge in [-0.1, -0.05) is 5.11 Å². The molecular weight excluding hydrogens is 355 g/mol. The van der Waals surface area contributed by atoms with Crippen molar-refractivity contribution in [2.24, 2.45) is 5.11 Å². The third-order valence-electron chi connectivity index (χ3n) is 4.90. The smallest absolute Gasteiger partial charge is 0.407 e. The van der Waals surface area contributed by atoms with Crippen LogP contribution < -0.4 is 4.74 Å². The number of aryl methyl sites for hydroxylation is 1. The summed E-state index contributed by atoms with van der Waals surface area (Å²) < 4.78 is 19.6. The van der Waals surface area contributed by atoms with Gasteiger partial charge in [0.05, 0.1) is 24.3 Å². The van der Waals surface area contributed by atoms with Crippen molar-refractivity contribution in [1.29, 1.82) is 0 Å². The predicted molar refractivity (Wildman–Crippen MR) is 94.8 cm³/mol. The van der Waals surface area contributed by atoms with E-state index in [2.05, 4.69) is 20.0 Å². The summed E-state index contributed by atoms with van der Waals surface area (Å²) in [5.41, 5.74) is 8.91. The summed E-state index contributed by atoms with van der Waals surface area (Å²) in [4.78, 5) is 24.0. The molecule has 10 heteroatoms. The maximum atomic E-state index is 14.5. The molecule has 0 radical (unpaired) electrons. The number of rotatable bonds is 5. The molecule has 2 aromatic heterocycles. The molecule has 1 N–H and O–H groups in total. The lowest BCUT2D eigenvalue weighted by atomic mass is 9.90. The summed E-state index contributed by atoms with van der Waals surface area (Å²) >= 11 is 0. The first-order valence-corrected chi connectivity index (χ1v) is 8.56. The van der Waals surface area contributed by atoms with E-state index in [4.69, 9.17) is 10.3 Å². The number of likely N-dealkylation sites (tertiary alicyclic amines) is 1. The molecular formula is C17H19FN6O3. The second-order valence-corrected chi connectivity index (χ2v) is 6.37. The van der Waals surface area contributed by atoms with E-state index in [0.717, 1.165) is 17.5 Å². The first-order valence-electron chi connectivity index (χ1n) is 8.56. The number of amides is 1. The third kappa shape index (κ3) is 3.56. The molecule has 1 aliphatic rings. The summed E-state index contributed by atoms with van der Waals surface area (Å²) in [5.74, 6) is -0.220. The number of nitrogens with zero attached hydrogens (tertiary/aromatic N) is 6. The van der Waals surface area contributed by atoms with Crippen molar-refractivity contribution < 1.29 is 19.0 Å². The van der Waals surface area contributed by atoms with Crippen LogP contribution in [-0.4, -0.2) is 45.4 Å². The molecule has 1 saturated heterocycles. The van der Waals surface area contributed by atoms with Gasteiger partial charge in [-0.15, -0.1) is 0 Å². The molecule has 142 valence electrons. The van der Waals surface area contributed by atoms with Crippen LogP contribution in [0.3, 0.4) is 0 Å². The van der Waals surface area contributed by atoms with E-state index >= 15 is 0 Å². The van der Waals surface area contributed by atoms with Crippen LogP contribution >= 0.6 is 0 Å². The van der Waals surface area contributed by atoms with Crippen LogP contribution in [0.5, 0.6) is 5.88 Å². The molecule has 0 saturated carbocycles. The minimum Gasteiger partial charge on any atom is -0.481 e. The van der Waals surface area contributed by atoms with Gasteiger partial charge in [-0.25, -0.2) is 14.2 Å². The molecule has 1 amide bonds. The average molecular weight is 374 g/mol. The summed E-state index contributed by atoms with van der Waals surface area (Å²) in [6, 6.07) is 3.31. The largest absolute Gasteiger partial charge is 0.481 e. The van der Waals surface area contributed by atoms with Crippen LogP contribution in [0.1, 0.15) is 31.2 Å². The van der Waals surface area contributed by atoms with Gasteiger partial charge in [-0.05, 0) is 43.7 Å². The molecule has 1 fully saturated rings. The highest BCUT2D eigenvalue weighted by Crippen LogP contribution is 2.35. The monoisotopic (exact) mass is 374 g/mol. The first kappa shape index (κ1) is 18.7. The molecule has 0 spiro atoms. The van der Waals surface area contributed by atoms with E-state index in [1.165, 1.54) is 7.11 Å². The highest BCUT2D eigenvalue weighted by Gasteiger charge is 2.41. The number of carboxylic acid groups (broad SMARTS) is 1. The Hall–Kier alpha value is -3.13. The van der Waals surface area contributed by atoms with Gasteiger partial charge in [-0.3, -0.25) is 9.88 Å². The molecule has 0 aromatic carbocycles. The van der Waals surface area contributed by atoms with Crippen LogP contribution in [0.15, 0.2) is 23.4 Å². The van der Waals surface area contributed by atoms with Gasteiger partial charge in [0.15, 0.2) is 0 Å². The number of hydrogen-bond acceptors (Lipinski definition) is 5. The van der Waals surface area contributed by atoms with Crippen molar-refractivity contribution in [3.05, 3.63) is 40.2 Å². The molecule has 0 aliphatic carbocycles. The Kier molecular flexibility index (Phi) is 5.27. The van der Waals surface area contributed by atoms with Crippen LogP contribution in [0.25, 0.3) is 21.5 Å². The highest BCUT2D eigenvalue weighted by atomic mass is 19.1. The molecule has 3 heterocycles. The maximum Gasteiger partial charge on any atom is 0.407 e. The number of fused-ring (bicyclic) bond motifs is 1. The molecule has 3 rings (SSSR count). The number of azide groups is 1. The van der Waals surface area contributed by atoms with Crippen molar-refractivity contribution in [2.75, 3.05) is 13.7 Å². The number of halogens is 1. The van der Waals surface area contributed by atoms with E-state index < -0.39 is 17.6 Å². The van der Waals surface area contributed by atoms with Crippen molar-refractivity contribution in [1.82, 2.24) is 14.9 Å². The summed E-state index contributed by atoms with van der Waals surface area (Å²) in [5, 5.41) is 13.3. The Morgan fingerprint density at radius 2 is 2.33 bits per heavy atom. The summed E-state index contributed by atoms with van der Waals surface area (Å²) in [7, 11) is 1.46. The Labute approximate surface area is 154 Å². The van der Waals surface area contributed by atoms with Gasteiger partial charge in [-0.2, -0.15) is 0 Å². The lowest BCUT2D eigenvalue weighted by molar-refractivity contribution is 0.0453. The fraction of sp³-hybridized carbons (Fsp3) is 0.471. The number of carbonyl (C=O) groups is 1. The minimum absolute atomic E-state index is 0.147. The Morgan fingerprint density at radius 1 is 1.52 bits per heavy atom. The molecule has 1 aliphatic heterocycles. The summed E-state index contributed by atoms with van der Waals surface area (Å²) in [6.45, 7) is 0.278. The van der Waals surface area contributed by atoms with Gasteiger partial charge < -0.3 is 9.84 Å². The number of piperidine rings is 1. The predicted octanol–water partition coefficient (Wildman–Crippen LogP) is 3.88. The number of pyridine rings is 2. The molecule has 9 nitrogen and oxygen atoms in total.